The van der Waals surface area contributed by atoms with Gasteiger partial charge in [0.05, 0.1) is 11.6 Å². The van der Waals surface area contributed by atoms with Gasteiger partial charge < -0.3 is 20.0 Å². The summed E-state index contributed by atoms with van der Waals surface area (Å²) in [6, 6.07) is 10.6. The van der Waals surface area contributed by atoms with Gasteiger partial charge in [0.1, 0.15) is 10.7 Å². The van der Waals surface area contributed by atoms with E-state index in [2.05, 4.69) is 20.6 Å². The molecular weight excluding hydrogens is 400 g/mol. The number of para-hydroxylation sites is 1. The molecule has 3 aromatic rings. The van der Waals surface area contributed by atoms with Crippen LogP contribution in [0.25, 0.3) is 10.9 Å². The smallest absolute Gasteiger partial charge is 0.395 e. The number of amides is 1. The SMILES string of the molecule is CN(C)c1nc(N[C@H]2CC[C@@H](NC(=O)c3ccc([N+](=O)[O-])o3)CC2)nc2ccccc12. The molecule has 0 aliphatic heterocycles. The van der Waals surface area contributed by atoms with Crippen molar-refractivity contribution in [3.63, 3.8) is 0 Å². The highest BCUT2D eigenvalue weighted by Crippen LogP contribution is 2.26. The van der Waals surface area contributed by atoms with Gasteiger partial charge in [0.25, 0.3) is 5.91 Å². The van der Waals surface area contributed by atoms with Crippen molar-refractivity contribution in [1.29, 1.82) is 0 Å². The molecule has 1 aromatic carbocycles. The van der Waals surface area contributed by atoms with Gasteiger partial charge in [0.15, 0.2) is 5.76 Å². The first-order valence-electron chi connectivity index (χ1n) is 10.2. The van der Waals surface area contributed by atoms with Crippen molar-refractivity contribution in [1.82, 2.24) is 15.3 Å². The number of nitrogens with zero attached hydrogens (tertiary/aromatic N) is 4. The normalized spacial score (nSPS) is 18.5. The number of fused-ring (bicyclic) bond motifs is 1. The van der Waals surface area contributed by atoms with E-state index in [0.717, 1.165) is 42.4 Å². The predicted octanol–water partition coefficient (Wildman–Crippen LogP) is 3.35. The molecule has 31 heavy (non-hydrogen) atoms. The molecule has 0 atom stereocenters. The molecule has 1 fully saturated rings. The van der Waals surface area contributed by atoms with Gasteiger partial charge in [-0.25, -0.2) is 4.98 Å². The van der Waals surface area contributed by atoms with Crippen molar-refractivity contribution in [3.8, 4) is 0 Å². The maximum atomic E-state index is 12.3. The van der Waals surface area contributed by atoms with E-state index in [0.29, 0.717) is 5.95 Å². The Morgan fingerprint density at radius 1 is 1.10 bits per heavy atom. The molecular formula is C21H24N6O4. The number of carbonyl (C=O) groups is 1. The summed E-state index contributed by atoms with van der Waals surface area (Å²) < 4.78 is 4.97. The lowest BCUT2D eigenvalue weighted by molar-refractivity contribution is -0.402. The maximum absolute atomic E-state index is 12.3. The molecule has 1 aliphatic rings. The fraction of sp³-hybridized carbons (Fsp3) is 0.381. The summed E-state index contributed by atoms with van der Waals surface area (Å²) in [7, 11) is 3.92. The van der Waals surface area contributed by atoms with Gasteiger partial charge in [-0.3, -0.25) is 14.9 Å². The summed E-state index contributed by atoms with van der Waals surface area (Å²) >= 11 is 0. The first kappa shape index (κ1) is 20.6. The van der Waals surface area contributed by atoms with Crippen LogP contribution in [-0.4, -0.2) is 47.0 Å². The van der Waals surface area contributed by atoms with E-state index in [9.17, 15) is 14.9 Å². The number of aromatic nitrogens is 2. The third-order valence-electron chi connectivity index (χ3n) is 5.40. The molecule has 1 amide bonds. The van der Waals surface area contributed by atoms with Crippen molar-refractivity contribution in [3.05, 3.63) is 52.3 Å². The Bertz CT molecular complexity index is 1100. The molecule has 0 unspecified atom stereocenters. The summed E-state index contributed by atoms with van der Waals surface area (Å²) in [5.74, 6) is 0.538. The molecule has 162 valence electrons. The van der Waals surface area contributed by atoms with Crippen LogP contribution in [0.5, 0.6) is 0 Å². The summed E-state index contributed by atoms with van der Waals surface area (Å²) in [6.07, 6.45) is 3.24. The number of nitrogens with one attached hydrogen (secondary N) is 2. The highest BCUT2D eigenvalue weighted by Gasteiger charge is 2.25. The molecule has 10 nitrogen and oxygen atoms in total. The topological polar surface area (TPSA) is 126 Å². The number of anilines is 2. The third kappa shape index (κ3) is 4.57. The lowest BCUT2D eigenvalue weighted by Crippen LogP contribution is -2.40. The van der Waals surface area contributed by atoms with Crippen LogP contribution in [0, 0.1) is 10.1 Å². The zero-order valence-corrected chi connectivity index (χ0v) is 17.4. The number of carbonyl (C=O) groups excluding carboxylic acids is 1. The Kier molecular flexibility index (Phi) is 5.70. The number of hydrogen-bond acceptors (Lipinski definition) is 8. The number of furan rings is 1. The minimum atomic E-state index is -0.662. The van der Waals surface area contributed by atoms with E-state index in [1.54, 1.807) is 0 Å². The van der Waals surface area contributed by atoms with E-state index in [4.69, 9.17) is 4.42 Å². The van der Waals surface area contributed by atoms with E-state index in [1.807, 2.05) is 43.3 Å². The van der Waals surface area contributed by atoms with Gasteiger partial charge in [-0.15, -0.1) is 0 Å². The van der Waals surface area contributed by atoms with Crippen LogP contribution in [0.1, 0.15) is 36.2 Å². The summed E-state index contributed by atoms with van der Waals surface area (Å²) in [5, 5.41) is 18.0. The summed E-state index contributed by atoms with van der Waals surface area (Å²) in [5.41, 5.74) is 0.886. The van der Waals surface area contributed by atoms with Gasteiger partial charge in [-0.05, 0) is 43.9 Å². The highest BCUT2D eigenvalue weighted by molar-refractivity contribution is 5.92. The first-order valence-corrected chi connectivity index (χ1v) is 10.2. The van der Waals surface area contributed by atoms with E-state index in [-0.39, 0.29) is 17.8 Å². The molecule has 0 saturated heterocycles. The second-order valence-corrected chi connectivity index (χ2v) is 7.84. The zero-order valence-electron chi connectivity index (χ0n) is 17.4. The molecule has 2 N–H and O–H groups in total. The van der Waals surface area contributed by atoms with Crippen molar-refractivity contribution in [2.24, 2.45) is 0 Å². The Morgan fingerprint density at radius 2 is 1.81 bits per heavy atom. The standard InChI is InChI=1S/C21H24N6O4/c1-26(2)19-15-5-3-4-6-16(15)24-21(25-19)23-14-9-7-13(8-10-14)22-20(28)17-11-12-18(31-17)27(29)30/h3-6,11-14H,7-10H2,1-2H3,(H,22,28)(H,23,24,25)/t13-,14+. The Morgan fingerprint density at radius 3 is 2.48 bits per heavy atom. The lowest BCUT2D eigenvalue weighted by Gasteiger charge is -2.29. The predicted molar refractivity (Wildman–Crippen MR) is 116 cm³/mol. The van der Waals surface area contributed by atoms with Crippen LogP contribution in [0.4, 0.5) is 17.7 Å². The molecule has 0 spiro atoms. The Hall–Kier alpha value is -3.69. The van der Waals surface area contributed by atoms with Gasteiger partial charge in [-0.2, -0.15) is 4.98 Å². The number of nitro groups is 1. The molecule has 10 heteroatoms. The summed E-state index contributed by atoms with van der Waals surface area (Å²) in [6.45, 7) is 0. The van der Waals surface area contributed by atoms with Crippen LogP contribution >= 0.6 is 0 Å². The van der Waals surface area contributed by atoms with Gasteiger partial charge >= 0.3 is 5.88 Å². The summed E-state index contributed by atoms with van der Waals surface area (Å²) in [4.78, 5) is 33.6. The van der Waals surface area contributed by atoms with Crippen LogP contribution in [0.15, 0.2) is 40.8 Å². The van der Waals surface area contributed by atoms with Crippen LogP contribution in [0.2, 0.25) is 0 Å². The van der Waals surface area contributed by atoms with Crippen molar-refractivity contribution < 1.29 is 14.1 Å². The molecule has 4 rings (SSSR count). The van der Waals surface area contributed by atoms with Crippen molar-refractivity contribution >= 4 is 34.5 Å². The Balaban J connectivity index is 1.36. The van der Waals surface area contributed by atoms with E-state index < -0.39 is 16.7 Å². The van der Waals surface area contributed by atoms with Gasteiger partial charge in [0.2, 0.25) is 5.95 Å². The van der Waals surface area contributed by atoms with Crippen LogP contribution in [-0.2, 0) is 0 Å². The quantitative estimate of drug-likeness (QED) is 0.456. The number of hydrogen-bond donors (Lipinski definition) is 2. The van der Waals surface area contributed by atoms with Crippen LogP contribution in [0.3, 0.4) is 0 Å². The van der Waals surface area contributed by atoms with Gasteiger partial charge in [0, 0.05) is 31.6 Å². The first-order chi connectivity index (χ1) is 14.9. The number of benzene rings is 1. The fourth-order valence-electron chi connectivity index (χ4n) is 3.83. The van der Waals surface area contributed by atoms with Crippen molar-refractivity contribution in [2.75, 3.05) is 24.3 Å². The molecule has 0 bridgehead atoms. The maximum Gasteiger partial charge on any atom is 0.433 e. The lowest BCUT2D eigenvalue weighted by atomic mass is 9.91. The average Bonchev–Trinajstić information content (AvgIpc) is 3.25. The largest absolute Gasteiger partial charge is 0.433 e. The zero-order chi connectivity index (χ0) is 22.0. The number of rotatable bonds is 6. The Labute approximate surface area is 178 Å². The average molecular weight is 424 g/mol. The molecule has 2 aromatic heterocycles. The minimum absolute atomic E-state index is 0.00966. The second kappa shape index (κ2) is 8.58. The fourth-order valence-corrected chi connectivity index (χ4v) is 3.83. The minimum Gasteiger partial charge on any atom is -0.395 e. The second-order valence-electron chi connectivity index (χ2n) is 7.84. The molecule has 1 aliphatic carbocycles. The van der Waals surface area contributed by atoms with E-state index >= 15 is 0 Å². The van der Waals surface area contributed by atoms with E-state index in [1.165, 1.54) is 12.1 Å². The molecule has 1 saturated carbocycles. The van der Waals surface area contributed by atoms with Gasteiger partial charge in [-0.1, -0.05) is 12.1 Å². The van der Waals surface area contributed by atoms with Crippen molar-refractivity contribution in [2.45, 2.75) is 37.8 Å². The molecule has 2 heterocycles. The van der Waals surface area contributed by atoms with Crippen LogP contribution < -0.4 is 15.5 Å². The third-order valence-corrected chi connectivity index (χ3v) is 5.40. The monoisotopic (exact) mass is 424 g/mol. The highest BCUT2D eigenvalue weighted by atomic mass is 16.6. The molecule has 0 radical (unpaired) electrons.